The highest BCUT2D eigenvalue weighted by atomic mass is 16.5. The third-order valence-electron chi connectivity index (χ3n) is 0.711. The zero-order valence-corrected chi connectivity index (χ0v) is 5.40. The minimum absolute atomic E-state index is 0.0390. The zero-order valence-electron chi connectivity index (χ0n) is 5.40. The smallest absolute Gasteiger partial charge is 0.380 e. The second-order valence-corrected chi connectivity index (χ2v) is 1.46. The van der Waals surface area contributed by atoms with Crippen LogP contribution < -0.4 is 0 Å². The maximum atomic E-state index is 10.3. The summed E-state index contributed by atoms with van der Waals surface area (Å²) in [4.78, 5) is 20.6. The molecule has 0 aliphatic carbocycles. The van der Waals surface area contributed by atoms with Gasteiger partial charge in [-0.3, -0.25) is 4.79 Å². The Morgan fingerprint density at radius 3 is 2.30 bits per heavy atom. The van der Waals surface area contributed by atoms with E-state index in [1.165, 1.54) is 6.92 Å². The van der Waals surface area contributed by atoms with E-state index >= 15 is 0 Å². The molecule has 0 amide bonds. The average Bonchev–Trinajstić information content (AvgIpc) is 1.87. The van der Waals surface area contributed by atoms with Crippen LogP contribution >= 0.6 is 0 Å². The average molecular weight is 148 g/mol. The summed E-state index contributed by atoms with van der Waals surface area (Å²) in [7, 11) is 0. The van der Waals surface area contributed by atoms with Crippen molar-refractivity contribution in [1.82, 2.24) is 0 Å². The van der Waals surface area contributed by atoms with Crippen molar-refractivity contribution in [2.75, 3.05) is 6.61 Å². The van der Waals surface area contributed by atoms with Gasteiger partial charge in [-0.1, -0.05) is 0 Å². The zero-order chi connectivity index (χ0) is 8.15. The lowest BCUT2D eigenvalue weighted by Crippen LogP contribution is -2.29. The number of carbonyl (C=O) groups excluding carboxylic acids is 2. The van der Waals surface area contributed by atoms with E-state index in [4.69, 9.17) is 10.2 Å². The van der Waals surface area contributed by atoms with Gasteiger partial charge in [0.05, 0.1) is 6.61 Å². The van der Waals surface area contributed by atoms with Crippen LogP contribution in [0, 0.1) is 0 Å². The van der Waals surface area contributed by atoms with Crippen molar-refractivity contribution in [3.05, 3.63) is 0 Å². The summed E-state index contributed by atoms with van der Waals surface area (Å²) in [5.41, 5.74) is 0. The minimum atomic E-state index is -2.26. The summed E-state index contributed by atoms with van der Waals surface area (Å²) in [6.45, 7) is 1.55. The number of esters is 1. The molecule has 0 heterocycles. The summed E-state index contributed by atoms with van der Waals surface area (Å²) in [6.07, 6.45) is -2.26. The Balaban J connectivity index is 3.83. The first-order valence-electron chi connectivity index (χ1n) is 2.66. The van der Waals surface area contributed by atoms with Crippen LogP contribution in [-0.2, 0) is 14.3 Å². The topological polar surface area (TPSA) is 83.8 Å². The van der Waals surface area contributed by atoms with Crippen molar-refractivity contribution in [3.8, 4) is 0 Å². The van der Waals surface area contributed by atoms with Crippen molar-refractivity contribution < 1.29 is 24.5 Å². The van der Waals surface area contributed by atoms with E-state index in [2.05, 4.69) is 4.74 Å². The molecule has 5 nitrogen and oxygen atoms in total. The fourth-order valence-corrected chi connectivity index (χ4v) is 0.308. The number of ketones is 1. The molecule has 0 aromatic carbocycles. The molecule has 0 aromatic rings. The number of hydrogen-bond acceptors (Lipinski definition) is 5. The van der Waals surface area contributed by atoms with E-state index < -0.39 is 18.0 Å². The lowest BCUT2D eigenvalue weighted by Gasteiger charge is -2.00. The summed E-state index contributed by atoms with van der Waals surface area (Å²) >= 11 is 0. The maximum absolute atomic E-state index is 10.3. The van der Waals surface area contributed by atoms with Crippen molar-refractivity contribution >= 4 is 11.8 Å². The summed E-state index contributed by atoms with van der Waals surface area (Å²) in [6, 6.07) is 0. The summed E-state index contributed by atoms with van der Waals surface area (Å²) in [5.74, 6) is -2.57. The number of hydrogen-bond donors (Lipinski definition) is 2. The van der Waals surface area contributed by atoms with E-state index in [0.29, 0.717) is 0 Å². The van der Waals surface area contributed by atoms with Crippen LogP contribution in [0.2, 0.25) is 0 Å². The highest BCUT2D eigenvalue weighted by Gasteiger charge is 2.21. The molecule has 58 valence electrons. The van der Waals surface area contributed by atoms with Crippen LogP contribution in [0.5, 0.6) is 0 Å². The minimum Gasteiger partial charge on any atom is -0.460 e. The molecule has 0 saturated heterocycles. The number of rotatable bonds is 3. The highest BCUT2D eigenvalue weighted by Crippen LogP contribution is 1.84. The van der Waals surface area contributed by atoms with Crippen molar-refractivity contribution in [3.63, 3.8) is 0 Å². The summed E-state index contributed by atoms with van der Waals surface area (Å²) in [5, 5.41) is 16.2. The molecule has 0 aliphatic heterocycles. The van der Waals surface area contributed by atoms with Gasteiger partial charge in [0.2, 0.25) is 6.29 Å². The Hall–Kier alpha value is -0.940. The van der Waals surface area contributed by atoms with E-state index in [9.17, 15) is 9.59 Å². The second kappa shape index (κ2) is 3.97. The molecule has 2 N–H and O–H groups in total. The Kier molecular flexibility index (Phi) is 3.60. The van der Waals surface area contributed by atoms with Crippen LogP contribution in [-0.4, -0.2) is 34.9 Å². The molecule has 10 heavy (non-hydrogen) atoms. The van der Waals surface area contributed by atoms with E-state index in [1.54, 1.807) is 0 Å². The molecule has 0 fully saturated rings. The van der Waals surface area contributed by atoms with Gasteiger partial charge >= 0.3 is 5.97 Å². The molecule has 0 aliphatic rings. The monoisotopic (exact) mass is 148 g/mol. The lowest BCUT2D eigenvalue weighted by molar-refractivity contribution is -0.166. The highest BCUT2D eigenvalue weighted by molar-refractivity contribution is 6.34. The number of aliphatic hydroxyl groups is 2. The van der Waals surface area contributed by atoms with Gasteiger partial charge in [0, 0.05) is 0 Å². The molecule has 0 radical (unpaired) electrons. The van der Waals surface area contributed by atoms with Gasteiger partial charge in [-0.25, -0.2) is 4.79 Å². The third-order valence-corrected chi connectivity index (χ3v) is 0.711. The maximum Gasteiger partial charge on any atom is 0.380 e. The number of carbonyl (C=O) groups is 2. The van der Waals surface area contributed by atoms with E-state index in [1.807, 2.05) is 0 Å². The molecular formula is C5H8O5. The number of aliphatic hydroxyl groups excluding tert-OH is 1. The molecule has 0 unspecified atom stereocenters. The molecule has 0 saturated carbocycles. The number of Topliss-reactive ketones (excluding diaryl/α,β-unsaturated/α-hetero) is 1. The number of ether oxygens (including phenoxy) is 1. The van der Waals surface area contributed by atoms with Gasteiger partial charge in [-0.15, -0.1) is 0 Å². The normalized spacial score (nSPS) is 9.60. The molecule has 5 heteroatoms. The first-order valence-corrected chi connectivity index (χ1v) is 2.66. The van der Waals surface area contributed by atoms with Gasteiger partial charge < -0.3 is 14.9 Å². The van der Waals surface area contributed by atoms with Crippen LogP contribution in [0.3, 0.4) is 0 Å². The van der Waals surface area contributed by atoms with Crippen LogP contribution in [0.25, 0.3) is 0 Å². The SMILES string of the molecule is CCOC(=O)C(=O)C(O)O. The van der Waals surface area contributed by atoms with Gasteiger partial charge in [-0.05, 0) is 6.92 Å². The fourth-order valence-electron chi connectivity index (χ4n) is 0.308. The first-order chi connectivity index (χ1) is 4.59. The van der Waals surface area contributed by atoms with Crippen molar-refractivity contribution in [1.29, 1.82) is 0 Å². The third kappa shape index (κ3) is 2.56. The van der Waals surface area contributed by atoms with Crippen LogP contribution in [0.1, 0.15) is 6.92 Å². The molecule has 0 spiro atoms. The molecule has 0 atom stereocenters. The summed E-state index contributed by atoms with van der Waals surface area (Å²) < 4.78 is 4.16. The Labute approximate surface area is 57.2 Å². The van der Waals surface area contributed by atoms with E-state index in [-0.39, 0.29) is 6.61 Å². The Morgan fingerprint density at radius 2 is 2.00 bits per heavy atom. The van der Waals surface area contributed by atoms with E-state index in [0.717, 1.165) is 0 Å². The van der Waals surface area contributed by atoms with Gasteiger partial charge in [-0.2, -0.15) is 0 Å². The standard InChI is InChI=1S/C5H8O5/c1-2-10-5(9)3(6)4(7)8/h4,7-8H,2H2,1H3. The van der Waals surface area contributed by atoms with Gasteiger partial charge in [0.1, 0.15) is 0 Å². The molecule has 0 aromatic heterocycles. The Morgan fingerprint density at radius 1 is 1.50 bits per heavy atom. The largest absolute Gasteiger partial charge is 0.460 e. The van der Waals surface area contributed by atoms with Crippen molar-refractivity contribution in [2.24, 2.45) is 0 Å². The predicted octanol–water partition coefficient (Wildman–Crippen LogP) is -1.57. The van der Waals surface area contributed by atoms with Crippen LogP contribution in [0.15, 0.2) is 0 Å². The fraction of sp³-hybridized carbons (Fsp3) is 0.600. The molecule has 0 bridgehead atoms. The predicted molar refractivity (Wildman–Crippen MR) is 29.9 cm³/mol. The van der Waals surface area contributed by atoms with Gasteiger partial charge in [0.25, 0.3) is 5.78 Å². The Bertz CT molecular complexity index is 139. The molecule has 0 rings (SSSR count). The van der Waals surface area contributed by atoms with Crippen molar-refractivity contribution in [2.45, 2.75) is 13.2 Å². The molecular weight excluding hydrogens is 140 g/mol. The second-order valence-electron chi connectivity index (χ2n) is 1.46. The van der Waals surface area contributed by atoms with Gasteiger partial charge in [0.15, 0.2) is 0 Å². The van der Waals surface area contributed by atoms with Crippen LogP contribution in [0.4, 0.5) is 0 Å². The lowest BCUT2D eigenvalue weighted by atomic mass is 10.4. The first kappa shape index (κ1) is 9.06. The quantitative estimate of drug-likeness (QED) is 0.287.